The van der Waals surface area contributed by atoms with Crippen LogP contribution in [0, 0.1) is 17.8 Å². The van der Waals surface area contributed by atoms with Gasteiger partial charge in [0, 0.05) is 12.4 Å². The Labute approximate surface area is 121 Å². The van der Waals surface area contributed by atoms with Crippen LogP contribution in [-0.2, 0) is 6.42 Å². The molecule has 1 aliphatic carbocycles. The molecule has 18 heavy (non-hydrogen) atoms. The third-order valence-corrected chi connectivity index (χ3v) is 4.26. The number of hydrogen-bond donors (Lipinski definition) is 1. The van der Waals surface area contributed by atoms with Crippen molar-refractivity contribution < 1.29 is 0 Å². The van der Waals surface area contributed by atoms with Gasteiger partial charge in [-0.05, 0) is 55.7 Å². The van der Waals surface area contributed by atoms with Gasteiger partial charge in [-0.25, -0.2) is 9.97 Å². The fraction of sp³-hybridized carbons (Fsp3) is 0.692. The second-order valence-corrected chi connectivity index (χ2v) is 5.22. The maximum atomic E-state index is 4.11. The first-order chi connectivity index (χ1) is 7.93. The van der Waals surface area contributed by atoms with Gasteiger partial charge in [0.25, 0.3) is 0 Å². The number of hydrogen-bond acceptors (Lipinski definition) is 3. The molecule has 1 aromatic rings. The Morgan fingerprint density at radius 3 is 2.67 bits per heavy atom. The molecule has 0 radical (unpaired) electrons. The second-order valence-electron chi connectivity index (χ2n) is 5.22. The van der Waals surface area contributed by atoms with Crippen LogP contribution in [0.15, 0.2) is 18.7 Å². The number of fused-ring (bicyclic) bond motifs is 1. The molecule has 2 aliphatic rings. The van der Waals surface area contributed by atoms with Crippen LogP contribution in [0.4, 0.5) is 0 Å². The molecule has 0 aromatic carbocycles. The van der Waals surface area contributed by atoms with Crippen LogP contribution in [0.5, 0.6) is 0 Å². The molecule has 2 heterocycles. The van der Waals surface area contributed by atoms with E-state index in [9.17, 15) is 0 Å². The molecule has 1 aliphatic heterocycles. The van der Waals surface area contributed by atoms with Gasteiger partial charge in [-0.3, -0.25) is 0 Å². The van der Waals surface area contributed by atoms with Gasteiger partial charge < -0.3 is 5.32 Å². The van der Waals surface area contributed by atoms with Crippen LogP contribution in [0.1, 0.15) is 24.8 Å². The summed E-state index contributed by atoms with van der Waals surface area (Å²) in [5.41, 5.74) is 1.31. The van der Waals surface area contributed by atoms with Gasteiger partial charge in [0.05, 0.1) is 0 Å². The van der Waals surface area contributed by atoms with Crippen molar-refractivity contribution in [2.75, 3.05) is 13.1 Å². The lowest BCUT2D eigenvalue weighted by Gasteiger charge is -2.33. The molecule has 3 unspecified atom stereocenters. The summed E-state index contributed by atoms with van der Waals surface area (Å²) < 4.78 is 0. The van der Waals surface area contributed by atoms with Crippen molar-refractivity contribution >= 4 is 24.8 Å². The smallest absolute Gasteiger partial charge is 0.115 e. The Morgan fingerprint density at radius 2 is 1.89 bits per heavy atom. The zero-order chi connectivity index (χ0) is 10.8. The molecule has 0 bridgehead atoms. The summed E-state index contributed by atoms with van der Waals surface area (Å²) in [4.78, 5) is 8.22. The Hall–Kier alpha value is -0.380. The van der Waals surface area contributed by atoms with Gasteiger partial charge in [0.2, 0.25) is 0 Å². The lowest BCUT2D eigenvalue weighted by Crippen LogP contribution is -2.28. The predicted octanol–water partition coefficient (Wildman–Crippen LogP) is 2.50. The minimum atomic E-state index is 0. The zero-order valence-corrected chi connectivity index (χ0v) is 12.1. The summed E-state index contributed by atoms with van der Waals surface area (Å²) in [6.45, 7) is 2.47. The van der Waals surface area contributed by atoms with Crippen molar-refractivity contribution in [3.8, 4) is 0 Å². The summed E-state index contributed by atoms with van der Waals surface area (Å²) in [7, 11) is 0. The lowest BCUT2D eigenvalue weighted by molar-refractivity contribution is 0.198. The minimum absolute atomic E-state index is 0. The van der Waals surface area contributed by atoms with E-state index in [0.29, 0.717) is 0 Å². The average Bonchev–Trinajstić information content (AvgIpc) is 2.80. The number of nitrogens with one attached hydrogen (secondary N) is 1. The zero-order valence-electron chi connectivity index (χ0n) is 10.4. The van der Waals surface area contributed by atoms with E-state index in [1.807, 2.05) is 12.4 Å². The number of aromatic nitrogens is 2. The molecule has 3 atom stereocenters. The van der Waals surface area contributed by atoms with Crippen molar-refractivity contribution in [2.24, 2.45) is 17.8 Å². The average molecular weight is 290 g/mol. The van der Waals surface area contributed by atoms with Gasteiger partial charge in [0.1, 0.15) is 6.33 Å². The standard InChI is InChI=1S/C13H19N3.2ClH/c1-2-11(4-10-5-15-9-16-6-10)13-8-14-7-12(13)3-1;;/h5-6,9,11-14H,1-4,7-8H2;2*1H. The van der Waals surface area contributed by atoms with E-state index in [-0.39, 0.29) is 24.8 Å². The number of nitrogens with zero attached hydrogens (tertiary/aromatic N) is 2. The van der Waals surface area contributed by atoms with Crippen molar-refractivity contribution in [1.82, 2.24) is 15.3 Å². The highest BCUT2D eigenvalue weighted by molar-refractivity contribution is 5.85. The highest BCUT2D eigenvalue weighted by atomic mass is 35.5. The molecule has 2 fully saturated rings. The second kappa shape index (κ2) is 7.27. The maximum absolute atomic E-state index is 4.11. The molecule has 1 N–H and O–H groups in total. The fourth-order valence-corrected chi connectivity index (χ4v) is 3.47. The van der Waals surface area contributed by atoms with Gasteiger partial charge in [-0.1, -0.05) is 6.42 Å². The molecular formula is C13H21Cl2N3. The van der Waals surface area contributed by atoms with E-state index in [4.69, 9.17) is 0 Å². The molecule has 0 amide bonds. The summed E-state index contributed by atoms with van der Waals surface area (Å²) >= 11 is 0. The Morgan fingerprint density at radius 1 is 1.11 bits per heavy atom. The van der Waals surface area contributed by atoms with Crippen LogP contribution in [0.2, 0.25) is 0 Å². The largest absolute Gasteiger partial charge is 0.316 e. The molecule has 102 valence electrons. The van der Waals surface area contributed by atoms with E-state index >= 15 is 0 Å². The Kier molecular flexibility index (Phi) is 6.33. The van der Waals surface area contributed by atoms with Crippen LogP contribution in [0.3, 0.4) is 0 Å². The van der Waals surface area contributed by atoms with Crippen molar-refractivity contribution in [1.29, 1.82) is 0 Å². The monoisotopic (exact) mass is 289 g/mol. The fourth-order valence-electron chi connectivity index (χ4n) is 3.47. The highest BCUT2D eigenvalue weighted by Gasteiger charge is 2.36. The van der Waals surface area contributed by atoms with E-state index in [0.717, 1.165) is 17.8 Å². The third kappa shape index (κ3) is 3.34. The third-order valence-electron chi connectivity index (χ3n) is 4.26. The van der Waals surface area contributed by atoms with Gasteiger partial charge in [-0.2, -0.15) is 0 Å². The molecule has 3 rings (SSSR count). The first kappa shape index (κ1) is 15.7. The summed E-state index contributed by atoms with van der Waals surface area (Å²) in [6.07, 6.45) is 10.9. The number of rotatable bonds is 2. The normalized spacial score (nSPS) is 29.9. The molecule has 1 saturated heterocycles. The van der Waals surface area contributed by atoms with E-state index in [1.54, 1.807) is 6.33 Å². The van der Waals surface area contributed by atoms with Crippen LogP contribution < -0.4 is 5.32 Å². The van der Waals surface area contributed by atoms with Crippen molar-refractivity contribution in [3.05, 3.63) is 24.3 Å². The summed E-state index contributed by atoms with van der Waals surface area (Å²) in [6, 6.07) is 0. The van der Waals surface area contributed by atoms with E-state index in [2.05, 4.69) is 15.3 Å². The highest BCUT2D eigenvalue weighted by Crippen LogP contribution is 2.38. The first-order valence-electron chi connectivity index (χ1n) is 6.38. The molecule has 1 aromatic heterocycles. The molecular weight excluding hydrogens is 269 g/mol. The summed E-state index contributed by atoms with van der Waals surface area (Å²) in [5, 5.41) is 3.55. The SMILES string of the molecule is Cl.Cl.c1ncc(CC2CCCC3CNCC32)cn1. The maximum Gasteiger partial charge on any atom is 0.115 e. The van der Waals surface area contributed by atoms with Crippen LogP contribution in [0.25, 0.3) is 0 Å². The van der Waals surface area contributed by atoms with Crippen molar-refractivity contribution in [2.45, 2.75) is 25.7 Å². The Balaban J connectivity index is 0.000000810. The predicted molar refractivity (Wildman–Crippen MR) is 77.4 cm³/mol. The lowest BCUT2D eigenvalue weighted by atomic mass is 9.72. The van der Waals surface area contributed by atoms with Crippen molar-refractivity contribution in [3.63, 3.8) is 0 Å². The molecule has 1 saturated carbocycles. The topological polar surface area (TPSA) is 37.8 Å². The number of halogens is 2. The Bertz CT molecular complexity index is 347. The summed E-state index contributed by atoms with van der Waals surface area (Å²) in [5.74, 6) is 2.68. The van der Waals surface area contributed by atoms with Gasteiger partial charge in [0.15, 0.2) is 0 Å². The quantitative estimate of drug-likeness (QED) is 0.909. The van der Waals surface area contributed by atoms with E-state index < -0.39 is 0 Å². The minimum Gasteiger partial charge on any atom is -0.316 e. The molecule has 5 heteroatoms. The van der Waals surface area contributed by atoms with Crippen LogP contribution in [-0.4, -0.2) is 23.1 Å². The van der Waals surface area contributed by atoms with Gasteiger partial charge in [-0.15, -0.1) is 24.8 Å². The molecule has 3 nitrogen and oxygen atoms in total. The van der Waals surface area contributed by atoms with Crippen LogP contribution >= 0.6 is 24.8 Å². The van der Waals surface area contributed by atoms with Gasteiger partial charge >= 0.3 is 0 Å². The first-order valence-corrected chi connectivity index (χ1v) is 6.38. The molecule has 0 spiro atoms. The van der Waals surface area contributed by atoms with E-state index in [1.165, 1.54) is 44.3 Å².